The molecule has 4 heterocycles. The first-order chi connectivity index (χ1) is 17.5. The van der Waals surface area contributed by atoms with Gasteiger partial charge in [-0.1, -0.05) is 12.1 Å². The van der Waals surface area contributed by atoms with Crippen molar-refractivity contribution in [1.29, 1.82) is 0 Å². The predicted octanol–water partition coefficient (Wildman–Crippen LogP) is 2.12. The molecule has 1 aromatic heterocycles. The fourth-order valence-electron chi connectivity index (χ4n) is 6.48. The van der Waals surface area contributed by atoms with Crippen LogP contribution in [0.15, 0.2) is 30.5 Å². The molecule has 3 unspecified atom stereocenters. The number of anilines is 3. The third-order valence-corrected chi connectivity index (χ3v) is 8.37. The van der Waals surface area contributed by atoms with Gasteiger partial charge < -0.3 is 31.1 Å². The summed E-state index contributed by atoms with van der Waals surface area (Å²) in [7, 11) is 1.86. The lowest BCUT2D eigenvalue weighted by Crippen LogP contribution is -2.51. The van der Waals surface area contributed by atoms with Crippen molar-refractivity contribution in [3.8, 4) is 0 Å². The average Bonchev–Trinajstić information content (AvgIpc) is 3.60. The van der Waals surface area contributed by atoms with Crippen LogP contribution in [0.1, 0.15) is 47.7 Å². The Morgan fingerprint density at radius 1 is 1.08 bits per heavy atom. The van der Waals surface area contributed by atoms with Crippen LogP contribution in [0.25, 0.3) is 0 Å². The van der Waals surface area contributed by atoms with E-state index in [9.17, 15) is 9.59 Å². The van der Waals surface area contributed by atoms with E-state index in [0.29, 0.717) is 23.5 Å². The van der Waals surface area contributed by atoms with Gasteiger partial charge in [-0.3, -0.25) is 4.79 Å². The van der Waals surface area contributed by atoms with Crippen LogP contribution in [0.2, 0.25) is 0 Å². The van der Waals surface area contributed by atoms with Crippen LogP contribution < -0.4 is 21.3 Å². The quantitative estimate of drug-likeness (QED) is 0.567. The average molecular weight is 491 g/mol. The number of nitrogens with zero attached hydrogens (tertiary/aromatic N) is 5. The maximum atomic E-state index is 12.7. The molecule has 1 aromatic carbocycles. The summed E-state index contributed by atoms with van der Waals surface area (Å²) >= 11 is 0. The summed E-state index contributed by atoms with van der Waals surface area (Å²) in [5, 5.41) is 6.70. The molecule has 3 saturated heterocycles. The first-order valence-electron chi connectivity index (χ1n) is 13.0. The smallest absolute Gasteiger partial charge is 0.320 e. The zero-order chi connectivity index (χ0) is 24.8. The van der Waals surface area contributed by atoms with Crippen molar-refractivity contribution >= 4 is 29.3 Å². The topological polar surface area (TPSA) is 120 Å². The Labute approximate surface area is 211 Å². The number of primary amides is 1. The van der Waals surface area contributed by atoms with E-state index in [4.69, 9.17) is 10.7 Å². The van der Waals surface area contributed by atoms with Crippen molar-refractivity contribution in [1.82, 2.24) is 25.1 Å². The second kappa shape index (κ2) is 9.24. The van der Waals surface area contributed by atoms with Gasteiger partial charge in [0.25, 0.3) is 5.91 Å². The number of likely N-dealkylation sites (N-methyl/N-ethyl adjacent to an activating group) is 1. The van der Waals surface area contributed by atoms with E-state index in [2.05, 4.69) is 32.7 Å². The van der Waals surface area contributed by atoms with Crippen LogP contribution >= 0.6 is 0 Å². The van der Waals surface area contributed by atoms with Crippen LogP contribution in [0.5, 0.6) is 0 Å². The fourth-order valence-corrected chi connectivity index (χ4v) is 6.48. The van der Waals surface area contributed by atoms with Crippen molar-refractivity contribution in [3.63, 3.8) is 0 Å². The highest BCUT2D eigenvalue weighted by atomic mass is 16.2. The minimum absolute atomic E-state index is 0.109. The molecular formula is C26H34N8O2. The Morgan fingerprint density at radius 3 is 2.44 bits per heavy atom. The molecule has 3 aliphatic heterocycles. The van der Waals surface area contributed by atoms with Crippen LogP contribution in [0.3, 0.4) is 0 Å². The summed E-state index contributed by atoms with van der Waals surface area (Å²) in [5.74, 6) is 1.56. The van der Waals surface area contributed by atoms with E-state index >= 15 is 0 Å². The number of aromatic nitrogens is 2. The Bertz CT molecular complexity index is 1150. The molecule has 0 spiro atoms. The van der Waals surface area contributed by atoms with Crippen molar-refractivity contribution in [2.45, 2.75) is 43.7 Å². The Balaban J connectivity index is 1.23. The largest absolute Gasteiger partial charge is 0.364 e. The van der Waals surface area contributed by atoms with Crippen LogP contribution in [-0.4, -0.2) is 83.6 Å². The highest BCUT2D eigenvalue weighted by Crippen LogP contribution is 2.43. The van der Waals surface area contributed by atoms with Gasteiger partial charge in [-0.15, -0.1) is 0 Å². The van der Waals surface area contributed by atoms with Crippen molar-refractivity contribution in [3.05, 3.63) is 41.7 Å². The molecule has 2 bridgehead atoms. The van der Waals surface area contributed by atoms with Crippen LogP contribution in [0, 0.1) is 5.92 Å². The Hall–Kier alpha value is -3.40. The van der Waals surface area contributed by atoms with E-state index in [-0.39, 0.29) is 23.8 Å². The number of carbonyl (C=O) groups excluding carboxylic acids is 2. The highest BCUT2D eigenvalue weighted by molar-refractivity contribution is 5.96. The number of hydrogen-bond acceptors (Lipinski definition) is 7. The van der Waals surface area contributed by atoms with E-state index in [0.717, 1.165) is 64.1 Å². The first kappa shape index (κ1) is 23.0. The standard InChI is InChI=1S/C26H34N8O2/c1-32-10-11-33(26(32)36)20-12-16-13-21(20)34(15-16)22-14-29-23(24(27)35)25(31-22)30-19-4-2-17(3-5-19)18-6-8-28-9-7-18/h2-5,14,16,18,20-21,28H,6-13,15H2,1H3,(H2,27,35)(H,30,31). The lowest BCUT2D eigenvalue weighted by atomic mass is 9.90. The zero-order valence-corrected chi connectivity index (χ0v) is 20.7. The molecule has 3 amide bonds. The Kier molecular flexibility index (Phi) is 5.91. The van der Waals surface area contributed by atoms with Crippen molar-refractivity contribution < 1.29 is 9.59 Å². The molecule has 36 heavy (non-hydrogen) atoms. The van der Waals surface area contributed by atoms with Crippen LogP contribution in [-0.2, 0) is 0 Å². The van der Waals surface area contributed by atoms with Gasteiger partial charge in [0.2, 0.25) is 0 Å². The molecule has 4 fully saturated rings. The van der Waals surface area contributed by atoms with Gasteiger partial charge in [-0.05, 0) is 68.3 Å². The summed E-state index contributed by atoms with van der Waals surface area (Å²) in [5.41, 5.74) is 7.93. The number of nitrogens with one attached hydrogen (secondary N) is 2. The number of carbonyl (C=O) groups is 2. The third-order valence-electron chi connectivity index (χ3n) is 8.37. The maximum Gasteiger partial charge on any atom is 0.320 e. The molecule has 3 atom stereocenters. The number of benzene rings is 1. The van der Waals surface area contributed by atoms with Gasteiger partial charge in [0, 0.05) is 32.4 Å². The number of rotatable bonds is 6. The van der Waals surface area contributed by atoms with Gasteiger partial charge >= 0.3 is 6.03 Å². The van der Waals surface area contributed by atoms with Crippen molar-refractivity contribution in [2.75, 3.05) is 50.0 Å². The van der Waals surface area contributed by atoms with E-state index < -0.39 is 5.91 Å². The molecule has 4 N–H and O–H groups in total. The molecule has 4 aliphatic rings. The highest BCUT2D eigenvalue weighted by Gasteiger charge is 2.50. The lowest BCUT2D eigenvalue weighted by Gasteiger charge is -2.38. The molecular weight excluding hydrogens is 456 g/mol. The summed E-state index contributed by atoms with van der Waals surface area (Å²) < 4.78 is 0. The van der Waals surface area contributed by atoms with E-state index in [1.807, 2.05) is 24.1 Å². The lowest BCUT2D eigenvalue weighted by molar-refractivity contribution is 0.0996. The molecule has 6 rings (SSSR count). The second-order valence-electron chi connectivity index (χ2n) is 10.6. The monoisotopic (exact) mass is 490 g/mol. The number of amides is 3. The molecule has 0 radical (unpaired) electrons. The Morgan fingerprint density at radius 2 is 1.81 bits per heavy atom. The van der Waals surface area contributed by atoms with Crippen molar-refractivity contribution in [2.24, 2.45) is 11.7 Å². The second-order valence-corrected chi connectivity index (χ2v) is 10.6. The third kappa shape index (κ3) is 4.13. The molecule has 10 heteroatoms. The minimum Gasteiger partial charge on any atom is -0.364 e. The summed E-state index contributed by atoms with van der Waals surface area (Å²) in [6, 6.07) is 8.84. The number of fused-ring (bicyclic) bond motifs is 2. The van der Waals surface area contributed by atoms with E-state index in [1.54, 1.807) is 11.1 Å². The molecule has 190 valence electrons. The SMILES string of the molecule is CN1CCN(C2CC3CC2N(c2cnc(C(N)=O)c(Nc4ccc(C5CCNCC5)cc4)n2)C3)C1=O. The molecule has 1 aliphatic carbocycles. The molecule has 10 nitrogen and oxygen atoms in total. The van der Waals surface area contributed by atoms with Gasteiger partial charge in [0.15, 0.2) is 11.5 Å². The van der Waals surface area contributed by atoms with Gasteiger partial charge in [0.05, 0.1) is 18.3 Å². The summed E-state index contributed by atoms with van der Waals surface area (Å²) in [4.78, 5) is 40.1. The number of nitrogens with two attached hydrogens (primary N) is 1. The van der Waals surface area contributed by atoms with Gasteiger partial charge in [0.1, 0.15) is 5.82 Å². The number of urea groups is 1. The molecule has 1 saturated carbocycles. The first-order valence-corrected chi connectivity index (χ1v) is 13.0. The fraction of sp³-hybridized carbons (Fsp3) is 0.538. The van der Waals surface area contributed by atoms with Gasteiger partial charge in [-0.25, -0.2) is 14.8 Å². The summed E-state index contributed by atoms with van der Waals surface area (Å²) in [6.45, 7) is 4.52. The maximum absolute atomic E-state index is 12.7. The van der Waals surface area contributed by atoms with Gasteiger partial charge in [-0.2, -0.15) is 0 Å². The number of piperidine rings is 2. The normalized spacial score (nSPS) is 26.2. The summed E-state index contributed by atoms with van der Waals surface area (Å²) in [6.07, 6.45) is 6.00. The minimum atomic E-state index is -0.616. The number of hydrogen-bond donors (Lipinski definition) is 3. The molecule has 2 aromatic rings. The zero-order valence-electron chi connectivity index (χ0n) is 20.7. The van der Waals surface area contributed by atoms with Crippen LogP contribution in [0.4, 0.5) is 22.1 Å². The predicted molar refractivity (Wildman–Crippen MR) is 137 cm³/mol. The van der Waals surface area contributed by atoms with E-state index in [1.165, 1.54) is 5.56 Å².